The Kier molecular flexibility index (Phi) is 6.77. The van der Waals surface area contributed by atoms with Crippen molar-refractivity contribution in [2.45, 2.75) is 32.6 Å². The molecule has 1 saturated heterocycles. The minimum absolute atomic E-state index is 0.128. The molecule has 8 heteroatoms. The van der Waals surface area contributed by atoms with E-state index in [-0.39, 0.29) is 24.3 Å². The maximum atomic E-state index is 14.0. The summed E-state index contributed by atoms with van der Waals surface area (Å²) >= 11 is 0. The SMILES string of the molecule is COc1ccc2c(C)c(CCC(=O)N3CCC(C(=O)c4cc(F)ccc4F)CC3)c(=O)oc2c1. The molecule has 1 aliphatic heterocycles. The van der Waals surface area contributed by atoms with Crippen LogP contribution >= 0.6 is 0 Å². The van der Waals surface area contributed by atoms with Crippen LogP contribution in [0.3, 0.4) is 0 Å². The first kappa shape index (κ1) is 23.6. The number of Topliss-reactive ketones (excluding diaryl/α,β-unsaturated/α-hetero) is 1. The molecule has 178 valence electrons. The van der Waals surface area contributed by atoms with E-state index >= 15 is 0 Å². The number of likely N-dealkylation sites (tertiary alicyclic amines) is 1. The minimum atomic E-state index is -0.743. The lowest BCUT2D eigenvalue weighted by Gasteiger charge is -2.31. The molecule has 4 rings (SSSR count). The topological polar surface area (TPSA) is 76.8 Å². The average Bonchev–Trinajstić information content (AvgIpc) is 2.84. The van der Waals surface area contributed by atoms with E-state index in [1.807, 2.05) is 13.0 Å². The van der Waals surface area contributed by atoms with Gasteiger partial charge >= 0.3 is 5.63 Å². The molecular weight excluding hydrogens is 444 g/mol. The van der Waals surface area contributed by atoms with Crippen LogP contribution in [-0.2, 0) is 11.2 Å². The molecule has 2 aromatic carbocycles. The number of hydrogen-bond acceptors (Lipinski definition) is 5. The van der Waals surface area contributed by atoms with Gasteiger partial charge in [-0.15, -0.1) is 0 Å². The van der Waals surface area contributed by atoms with Gasteiger partial charge in [-0.3, -0.25) is 9.59 Å². The Labute approximate surface area is 195 Å². The molecule has 0 N–H and O–H groups in total. The van der Waals surface area contributed by atoms with Crippen LogP contribution < -0.4 is 10.4 Å². The molecule has 0 bridgehead atoms. The van der Waals surface area contributed by atoms with Crippen molar-refractivity contribution in [2.75, 3.05) is 20.2 Å². The zero-order chi connectivity index (χ0) is 24.4. The number of carbonyl (C=O) groups is 2. The van der Waals surface area contributed by atoms with E-state index in [1.54, 1.807) is 17.0 Å². The number of amides is 1. The van der Waals surface area contributed by atoms with Crippen molar-refractivity contribution in [3.8, 4) is 5.75 Å². The summed E-state index contributed by atoms with van der Waals surface area (Å²) in [4.78, 5) is 39.6. The number of hydrogen-bond donors (Lipinski definition) is 0. The summed E-state index contributed by atoms with van der Waals surface area (Å²) < 4.78 is 38.0. The monoisotopic (exact) mass is 469 g/mol. The predicted molar refractivity (Wildman–Crippen MR) is 122 cm³/mol. The van der Waals surface area contributed by atoms with Gasteiger partial charge in [-0.2, -0.15) is 0 Å². The number of halogens is 2. The summed E-state index contributed by atoms with van der Waals surface area (Å²) in [5, 5.41) is 0.784. The van der Waals surface area contributed by atoms with Gasteiger partial charge in [0, 0.05) is 42.4 Å². The number of methoxy groups -OCH3 is 1. The molecule has 0 unspecified atom stereocenters. The molecule has 1 aromatic heterocycles. The third-order valence-electron chi connectivity index (χ3n) is 6.50. The summed E-state index contributed by atoms with van der Waals surface area (Å²) in [7, 11) is 1.53. The molecule has 1 aliphatic rings. The van der Waals surface area contributed by atoms with Gasteiger partial charge in [0.15, 0.2) is 5.78 Å². The number of benzene rings is 2. The molecular formula is C26H25F2NO5. The van der Waals surface area contributed by atoms with Gasteiger partial charge in [-0.05, 0) is 62.1 Å². The fraction of sp³-hybridized carbons (Fsp3) is 0.346. The van der Waals surface area contributed by atoms with Crippen molar-refractivity contribution in [1.82, 2.24) is 4.90 Å². The van der Waals surface area contributed by atoms with Crippen LogP contribution in [0.5, 0.6) is 5.75 Å². The van der Waals surface area contributed by atoms with E-state index in [0.717, 1.165) is 29.1 Å². The fourth-order valence-electron chi connectivity index (χ4n) is 4.48. The van der Waals surface area contributed by atoms with Crippen molar-refractivity contribution >= 4 is 22.7 Å². The Hall–Kier alpha value is -3.55. The van der Waals surface area contributed by atoms with E-state index in [1.165, 1.54) is 7.11 Å². The highest BCUT2D eigenvalue weighted by molar-refractivity contribution is 5.98. The molecule has 34 heavy (non-hydrogen) atoms. The highest BCUT2D eigenvalue weighted by atomic mass is 19.1. The second-order valence-corrected chi connectivity index (χ2v) is 8.50. The molecule has 0 radical (unpaired) electrons. The van der Waals surface area contributed by atoms with Crippen molar-refractivity contribution in [3.63, 3.8) is 0 Å². The third-order valence-corrected chi connectivity index (χ3v) is 6.50. The maximum Gasteiger partial charge on any atom is 0.339 e. The van der Waals surface area contributed by atoms with Gasteiger partial charge in [0.2, 0.25) is 5.91 Å². The zero-order valence-corrected chi connectivity index (χ0v) is 19.0. The molecule has 0 aliphatic carbocycles. The normalized spacial score (nSPS) is 14.4. The van der Waals surface area contributed by atoms with Crippen LogP contribution in [-0.4, -0.2) is 36.8 Å². The molecule has 2 heterocycles. The lowest BCUT2D eigenvalue weighted by atomic mass is 9.88. The summed E-state index contributed by atoms with van der Waals surface area (Å²) in [5.41, 5.74) is 0.924. The van der Waals surface area contributed by atoms with Gasteiger partial charge in [0.1, 0.15) is 23.0 Å². The van der Waals surface area contributed by atoms with E-state index in [4.69, 9.17) is 9.15 Å². The largest absolute Gasteiger partial charge is 0.497 e. The number of ether oxygens (including phenoxy) is 1. The predicted octanol–water partition coefficient (Wildman–Crippen LogP) is 4.44. The molecule has 1 fully saturated rings. The van der Waals surface area contributed by atoms with Gasteiger partial charge in [0.05, 0.1) is 12.7 Å². The highest BCUT2D eigenvalue weighted by Gasteiger charge is 2.29. The molecule has 1 amide bonds. The fourth-order valence-corrected chi connectivity index (χ4v) is 4.48. The maximum absolute atomic E-state index is 14.0. The van der Waals surface area contributed by atoms with Crippen LogP contribution in [0.1, 0.15) is 40.7 Å². The van der Waals surface area contributed by atoms with Crippen molar-refractivity contribution in [1.29, 1.82) is 0 Å². The Bertz CT molecular complexity index is 1310. The number of fused-ring (bicyclic) bond motifs is 1. The van der Waals surface area contributed by atoms with Crippen molar-refractivity contribution < 1.29 is 27.5 Å². The summed E-state index contributed by atoms with van der Waals surface area (Å²) in [6.07, 6.45) is 1.12. The van der Waals surface area contributed by atoms with Gasteiger partial charge in [-0.1, -0.05) is 0 Å². The van der Waals surface area contributed by atoms with E-state index < -0.39 is 29.0 Å². The first-order chi connectivity index (χ1) is 16.3. The highest BCUT2D eigenvalue weighted by Crippen LogP contribution is 2.26. The number of rotatable bonds is 6. The van der Waals surface area contributed by atoms with Gasteiger partial charge in [0.25, 0.3) is 0 Å². The number of carbonyl (C=O) groups excluding carboxylic acids is 2. The smallest absolute Gasteiger partial charge is 0.339 e. The first-order valence-corrected chi connectivity index (χ1v) is 11.2. The number of ketones is 1. The number of nitrogens with zero attached hydrogens (tertiary/aromatic N) is 1. The average molecular weight is 469 g/mol. The van der Waals surface area contributed by atoms with Crippen LogP contribution in [0.4, 0.5) is 8.78 Å². The van der Waals surface area contributed by atoms with Crippen LogP contribution in [0, 0.1) is 24.5 Å². The Balaban J connectivity index is 1.38. The van der Waals surface area contributed by atoms with Crippen molar-refractivity contribution in [2.24, 2.45) is 5.92 Å². The Morgan fingerprint density at radius 2 is 1.85 bits per heavy atom. The van der Waals surface area contributed by atoms with Crippen LogP contribution in [0.2, 0.25) is 0 Å². The van der Waals surface area contributed by atoms with Gasteiger partial charge in [-0.25, -0.2) is 13.6 Å². The van der Waals surface area contributed by atoms with E-state index in [9.17, 15) is 23.2 Å². The number of piperidine rings is 1. The summed E-state index contributed by atoms with van der Waals surface area (Å²) in [6.45, 7) is 2.52. The standard InChI is InChI=1S/C26H25F2NO5/c1-15-19-5-4-18(33-2)14-23(19)34-26(32)20(15)6-8-24(30)29-11-9-16(10-12-29)25(31)21-13-17(27)3-7-22(21)28/h3-5,7,13-14,16H,6,8-12H2,1-2H3. The molecule has 6 nitrogen and oxygen atoms in total. The molecule has 0 saturated carbocycles. The quantitative estimate of drug-likeness (QED) is 0.394. The molecule has 3 aromatic rings. The van der Waals surface area contributed by atoms with Crippen molar-refractivity contribution in [3.05, 3.63) is 75.1 Å². The second kappa shape index (κ2) is 9.75. The zero-order valence-electron chi connectivity index (χ0n) is 19.0. The minimum Gasteiger partial charge on any atom is -0.497 e. The van der Waals surface area contributed by atoms with E-state index in [2.05, 4.69) is 0 Å². The van der Waals surface area contributed by atoms with Crippen LogP contribution in [0.15, 0.2) is 45.6 Å². The molecule has 0 spiro atoms. The van der Waals surface area contributed by atoms with Crippen LogP contribution in [0.25, 0.3) is 11.0 Å². The Morgan fingerprint density at radius 1 is 1.12 bits per heavy atom. The second-order valence-electron chi connectivity index (χ2n) is 8.50. The lowest BCUT2D eigenvalue weighted by molar-refractivity contribution is -0.132. The summed E-state index contributed by atoms with van der Waals surface area (Å²) in [6, 6.07) is 8.10. The third kappa shape index (κ3) is 4.71. The first-order valence-electron chi connectivity index (χ1n) is 11.2. The molecule has 0 atom stereocenters. The Morgan fingerprint density at radius 3 is 2.56 bits per heavy atom. The summed E-state index contributed by atoms with van der Waals surface area (Å²) in [5.74, 6) is -1.85. The van der Waals surface area contributed by atoms with E-state index in [0.29, 0.717) is 42.8 Å². The lowest BCUT2D eigenvalue weighted by Crippen LogP contribution is -2.40. The number of aryl methyl sites for hydroxylation is 1. The van der Waals surface area contributed by atoms with Gasteiger partial charge < -0.3 is 14.1 Å².